The second kappa shape index (κ2) is 6.37. The Labute approximate surface area is 133 Å². The molecule has 0 saturated carbocycles. The van der Waals surface area contributed by atoms with Crippen molar-refractivity contribution in [1.82, 2.24) is 4.98 Å². The standard InChI is InChI=1S/C18H17BrN2/c19-15-8-5-13(6-9-15)11-16(20)12-17-10-7-14-3-1-2-4-18(14)21-17/h1-10,16H,11-12,20H2. The van der Waals surface area contributed by atoms with Gasteiger partial charge in [0, 0.05) is 28.0 Å². The highest BCUT2D eigenvalue weighted by atomic mass is 79.9. The fourth-order valence-electron chi connectivity index (χ4n) is 2.49. The first-order chi connectivity index (χ1) is 10.2. The summed E-state index contributed by atoms with van der Waals surface area (Å²) < 4.78 is 1.09. The van der Waals surface area contributed by atoms with Crippen LogP contribution in [0.15, 0.2) is 65.1 Å². The smallest absolute Gasteiger partial charge is 0.0705 e. The largest absolute Gasteiger partial charge is 0.327 e. The van der Waals surface area contributed by atoms with Gasteiger partial charge in [-0.15, -0.1) is 0 Å². The van der Waals surface area contributed by atoms with Crippen LogP contribution in [0.3, 0.4) is 0 Å². The summed E-state index contributed by atoms with van der Waals surface area (Å²) in [5.74, 6) is 0. The first-order valence-electron chi connectivity index (χ1n) is 7.05. The first kappa shape index (κ1) is 14.2. The van der Waals surface area contributed by atoms with Gasteiger partial charge >= 0.3 is 0 Å². The van der Waals surface area contributed by atoms with E-state index in [9.17, 15) is 0 Å². The van der Waals surface area contributed by atoms with E-state index < -0.39 is 0 Å². The van der Waals surface area contributed by atoms with Crippen LogP contribution in [0.5, 0.6) is 0 Å². The van der Waals surface area contributed by atoms with Crippen molar-refractivity contribution in [2.24, 2.45) is 5.73 Å². The van der Waals surface area contributed by atoms with Crippen molar-refractivity contribution in [2.75, 3.05) is 0 Å². The molecular formula is C18H17BrN2. The van der Waals surface area contributed by atoms with Gasteiger partial charge in [-0.05, 0) is 36.2 Å². The van der Waals surface area contributed by atoms with E-state index >= 15 is 0 Å². The molecule has 3 aromatic rings. The van der Waals surface area contributed by atoms with Gasteiger partial charge in [-0.3, -0.25) is 4.98 Å². The van der Waals surface area contributed by atoms with Crippen LogP contribution in [0.4, 0.5) is 0 Å². The zero-order valence-electron chi connectivity index (χ0n) is 11.7. The molecular weight excluding hydrogens is 324 g/mol. The minimum atomic E-state index is 0.0832. The molecule has 1 atom stereocenters. The molecule has 1 aromatic heterocycles. The normalized spacial score (nSPS) is 12.5. The van der Waals surface area contributed by atoms with E-state index in [0.29, 0.717) is 0 Å². The molecule has 3 heteroatoms. The summed E-state index contributed by atoms with van der Waals surface area (Å²) >= 11 is 3.45. The molecule has 106 valence electrons. The molecule has 0 aliphatic heterocycles. The number of aromatic nitrogens is 1. The van der Waals surface area contributed by atoms with Crippen LogP contribution >= 0.6 is 15.9 Å². The van der Waals surface area contributed by atoms with Gasteiger partial charge in [-0.2, -0.15) is 0 Å². The Morgan fingerprint density at radius 3 is 2.48 bits per heavy atom. The van der Waals surface area contributed by atoms with Gasteiger partial charge in [0.2, 0.25) is 0 Å². The molecule has 21 heavy (non-hydrogen) atoms. The van der Waals surface area contributed by atoms with Gasteiger partial charge in [0.15, 0.2) is 0 Å². The molecule has 3 rings (SSSR count). The topological polar surface area (TPSA) is 38.9 Å². The van der Waals surface area contributed by atoms with E-state index in [1.165, 1.54) is 10.9 Å². The summed E-state index contributed by atoms with van der Waals surface area (Å²) in [7, 11) is 0. The van der Waals surface area contributed by atoms with E-state index in [-0.39, 0.29) is 6.04 Å². The fraction of sp³-hybridized carbons (Fsp3) is 0.167. The molecule has 2 N–H and O–H groups in total. The zero-order chi connectivity index (χ0) is 14.7. The number of para-hydroxylation sites is 1. The van der Waals surface area contributed by atoms with Crippen molar-refractivity contribution in [3.8, 4) is 0 Å². The maximum atomic E-state index is 6.27. The number of fused-ring (bicyclic) bond motifs is 1. The number of benzene rings is 2. The second-order valence-electron chi connectivity index (χ2n) is 5.29. The average molecular weight is 341 g/mol. The molecule has 0 spiro atoms. The zero-order valence-corrected chi connectivity index (χ0v) is 13.3. The lowest BCUT2D eigenvalue weighted by molar-refractivity contribution is 0.655. The lowest BCUT2D eigenvalue weighted by atomic mass is 10.0. The van der Waals surface area contributed by atoms with E-state index in [1.807, 2.05) is 18.2 Å². The molecule has 1 heterocycles. The van der Waals surface area contributed by atoms with Gasteiger partial charge in [0.1, 0.15) is 0 Å². The Hall–Kier alpha value is -1.71. The molecule has 0 aliphatic rings. The van der Waals surface area contributed by atoms with Crippen molar-refractivity contribution in [3.63, 3.8) is 0 Å². The Bertz CT molecular complexity index is 738. The summed E-state index contributed by atoms with van der Waals surface area (Å²) in [5.41, 5.74) is 9.61. The number of halogens is 1. The Morgan fingerprint density at radius 1 is 0.905 bits per heavy atom. The third-order valence-corrected chi connectivity index (χ3v) is 4.07. The molecule has 2 nitrogen and oxygen atoms in total. The molecule has 1 unspecified atom stereocenters. The van der Waals surface area contributed by atoms with Gasteiger partial charge in [-0.1, -0.05) is 52.3 Å². The van der Waals surface area contributed by atoms with Gasteiger partial charge in [0.05, 0.1) is 5.52 Å². The Morgan fingerprint density at radius 2 is 1.67 bits per heavy atom. The lowest BCUT2D eigenvalue weighted by Crippen LogP contribution is -2.25. The Kier molecular flexibility index (Phi) is 4.32. The predicted octanol–water partition coefficient (Wildman–Crippen LogP) is 4.11. The molecule has 2 aromatic carbocycles. The second-order valence-corrected chi connectivity index (χ2v) is 6.21. The van der Waals surface area contributed by atoms with Crippen LogP contribution in [-0.2, 0) is 12.8 Å². The highest BCUT2D eigenvalue weighted by Gasteiger charge is 2.07. The summed E-state index contributed by atoms with van der Waals surface area (Å²) in [6.45, 7) is 0. The van der Waals surface area contributed by atoms with Crippen molar-refractivity contribution < 1.29 is 0 Å². The summed E-state index contributed by atoms with van der Waals surface area (Å²) in [4.78, 5) is 4.68. The molecule has 0 bridgehead atoms. The van der Waals surface area contributed by atoms with E-state index in [0.717, 1.165) is 28.5 Å². The van der Waals surface area contributed by atoms with Crippen molar-refractivity contribution >= 4 is 26.8 Å². The van der Waals surface area contributed by atoms with Gasteiger partial charge in [0.25, 0.3) is 0 Å². The molecule has 0 amide bonds. The number of hydrogen-bond donors (Lipinski definition) is 1. The SMILES string of the molecule is NC(Cc1ccc(Br)cc1)Cc1ccc2ccccc2n1. The Balaban J connectivity index is 1.70. The highest BCUT2D eigenvalue weighted by molar-refractivity contribution is 9.10. The molecule has 0 saturated heterocycles. The molecule has 0 radical (unpaired) electrons. The van der Waals surface area contributed by atoms with Crippen molar-refractivity contribution in [2.45, 2.75) is 18.9 Å². The fourth-order valence-corrected chi connectivity index (χ4v) is 2.75. The number of nitrogens with zero attached hydrogens (tertiary/aromatic N) is 1. The number of rotatable bonds is 4. The average Bonchev–Trinajstić information content (AvgIpc) is 2.49. The minimum Gasteiger partial charge on any atom is -0.327 e. The summed E-state index contributed by atoms with van der Waals surface area (Å²) in [5, 5.41) is 1.17. The van der Waals surface area contributed by atoms with Crippen LogP contribution in [0.1, 0.15) is 11.3 Å². The summed E-state index contributed by atoms with van der Waals surface area (Å²) in [6, 6.07) is 20.8. The van der Waals surface area contributed by atoms with Crippen LogP contribution in [0.2, 0.25) is 0 Å². The van der Waals surface area contributed by atoms with Gasteiger partial charge in [-0.25, -0.2) is 0 Å². The van der Waals surface area contributed by atoms with Crippen LogP contribution in [-0.4, -0.2) is 11.0 Å². The van der Waals surface area contributed by atoms with Crippen molar-refractivity contribution in [3.05, 3.63) is 76.4 Å². The monoisotopic (exact) mass is 340 g/mol. The number of pyridine rings is 1. The first-order valence-corrected chi connectivity index (χ1v) is 7.85. The highest BCUT2D eigenvalue weighted by Crippen LogP contribution is 2.15. The quantitative estimate of drug-likeness (QED) is 0.776. The van der Waals surface area contributed by atoms with Crippen LogP contribution in [0, 0.1) is 0 Å². The van der Waals surface area contributed by atoms with Gasteiger partial charge < -0.3 is 5.73 Å². The van der Waals surface area contributed by atoms with Crippen molar-refractivity contribution in [1.29, 1.82) is 0 Å². The maximum Gasteiger partial charge on any atom is 0.0705 e. The van der Waals surface area contributed by atoms with E-state index in [2.05, 4.69) is 63.4 Å². The van der Waals surface area contributed by atoms with Crippen LogP contribution < -0.4 is 5.73 Å². The number of hydrogen-bond acceptors (Lipinski definition) is 2. The molecule has 0 fully saturated rings. The van der Waals surface area contributed by atoms with E-state index in [4.69, 9.17) is 5.73 Å². The third kappa shape index (κ3) is 3.69. The lowest BCUT2D eigenvalue weighted by Gasteiger charge is -2.12. The molecule has 0 aliphatic carbocycles. The summed E-state index contributed by atoms with van der Waals surface area (Å²) in [6.07, 6.45) is 1.66. The third-order valence-electron chi connectivity index (χ3n) is 3.54. The minimum absolute atomic E-state index is 0.0832. The van der Waals surface area contributed by atoms with Crippen LogP contribution in [0.25, 0.3) is 10.9 Å². The number of nitrogens with two attached hydrogens (primary N) is 1. The maximum absolute atomic E-state index is 6.27. The van der Waals surface area contributed by atoms with E-state index in [1.54, 1.807) is 0 Å². The predicted molar refractivity (Wildman–Crippen MR) is 91.3 cm³/mol.